The zero-order chi connectivity index (χ0) is 16.6. The summed E-state index contributed by atoms with van der Waals surface area (Å²) in [5.41, 5.74) is 1.65. The van der Waals surface area contributed by atoms with Crippen molar-refractivity contribution in [3.8, 4) is 6.01 Å². The fourth-order valence-corrected chi connectivity index (χ4v) is 4.01. The third-order valence-corrected chi connectivity index (χ3v) is 5.38. The molecular weight excluding hydrogens is 318 g/mol. The topological polar surface area (TPSA) is 90.2 Å². The molecule has 2 aromatic heterocycles. The minimum Gasteiger partial charge on any atom is -0.459 e. The zero-order valence-electron chi connectivity index (χ0n) is 13.3. The quantitative estimate of drug-likeness (QED) is 0.814. The van der Waals surface area contributed by atoms with E-state index < -0.39 is 10.0 Å². The van der Waals surface area contributed by atoms with E-state index in [1.807, 2.05) is 19.9 Å². The maximum Gasteiger partial charge on any atom is 0.317 e. The Balaban J connectivity index is 1.71. The molecule has 8 nitrogen and oxygen atoms in total. The van der Waals surface area contributed by atoms with Gasteiger partial charge in [0.2, 0.25) is 0 Å². The van der Waals surface area contributed by atoms with Crippen LogP contribution in [0, 0.1) is 13.8 Å². The molecule has 1 atom stereocenters. The SMILES string of the molecule is Cc1cc(C)nc(O[C@H]2CCN(S(=O)(=O)c3cn(C)cn3)C2)n1. The van der Waals surface area contributed by atoms with E-state index in [4.69, 9.17) is 4.74 Å². The molecule has 0 spiro atoms. The van der Waals surface area contributed by atoms with Crippen LogP contribution in [0.15, 0.2) is 23.6 Å². The number of aryl methyl sites for hydroxylation is 3. The standard InChI is InChI=1S/C14H19N5O3S/c1-10-6-11(2)17-14(16-10)22-12-4-5-19(7-12)23(20,21)13-8-18(3)9-15-13/h6,8-9,12H,4-5,7H2,1-3H3/t12-/m0/s1. The van der Waals surface area contributed by atoms with Crippen LogP contribution in [0.25, 0.3) is 0 Å². The van der Waals surface area contributed by atoms with E-state index in [9.17, 15) is 8.42 Å². The van der Waals surface area contributed by atoms with Gasteiger partial charge in [-0.25, -0.2) is 23.4 Å². The molecule has 0 aromatic carbocycles. The molecule has 2 aromatic rings. The summed E-state index contributed by atoms with van der Waals surface area (Å²) >= 11 is 0. The van der Waals surface area contributed by atoms with Gasteiger partial charge in [0.15, 0.2) is 5.03 Å². The van der Waals surface area contributed by atoms with E-state index >= 15 is 0 Å². The van der Waals surface area contributed by atoms with Gasteiger partial charge in [-0.3, -0.25) is 0 Å². The molecule has 0 bridgehead atoms. The normalized spacial score (nSPS) is 19.2. The highest BCUT2D eigenvalue weighted by atomic mass is 32.2. The van der Waals surface area contributed by atoms with E-state index in [1.165, 1.54) is 16.8 Å². The first-order chi connectivity index (χ1) is 10.8. The molecule has 0 amide bonds. The molecule has 23 heavy (non-hydrogen) atoms. The number of sulfonamides is 1. The van der Waals surface area contributed by atoms with Gasteiger partial charge >= 0.3 is 6.01 Å². The van der Waals surface area contributed by atoms with Crippen LogP contribution in [0.4, 0.5) is 0 Å². The van der Waals surface area contributed by atoms with Crippen LogP contribution < -0.4 is 4.74 Å². The third kappa shape index (κ3) is 3.35. The molecule has 1 saturated heterocycles. The second kappa shape index (κ2) is 5.89. The average Bonchev–Trinajstić information content (AvgIpc) is 3.07. The van der Waals surface area contributed by atoms with E-state index in [0.29, 0.717) is 19.0 Å². The van der Waals surface area contributed by atoms with Gasteiger partial charge in [-0.15, -0.1) is 0 Å². The van der Waals surface area contributed by atoms with E-state index in [-0.39, 0.29) is 17.7 Å². The van der Waals surface area contributed by atoms with Crippen LogP contribution in [0.5, 0.6) is 6.01 Å². The summed E-state index contributed by atoms with van der Waals surface area (Å²) in [5.74, 6) is 0. The molecule has 0 radical (unpaired) electrons. The third-order valence-electron chi connectivity index (χ3n) is 3.63. The molecule has 1 aliphatic heterocycles. The van der Waals surface area contributed by atoms with E-state index in [1.54, 1.807) is 11.6 Å². The fraction of sp³-hybridized carbons (Fsp3) is 0.500. The molecule has 1 aliphatic rings. The van der Waals surface area contributed by atoms with Crippen molar-refractivity contribution in [3.63, 3.8) is 0 Å². The van der Waals surface area contributed by atoms with Crippen molar-refractivity contribution in [1.29, 1.82) is 0 Å². The first-order valence-electron chi connectivity index (χ1n) is 7.31. The summed E-state index contributed by atoms with van der Waals surface area (Å²) in [4.78, 5) is 12.4. The lowest BCUT2D eigenvalue weighted by molar-refractivity contribution is 0.197. The van der Waals surface area contributed by atoms with Gasteiger partial charge in [0.1, 0.15) is 6.10 Å². The van der Waals surface area contributed by atoms with E-state index in [0.717, 1.165) is 11.4 Å². The summed E-state index contributed by atoms with van der Waals surface area (Å²) in [6.07, 6.45) is 3.31. The Labute approximate surface area is 135 Å². The van der Waals surface area contributed by atoms with E-state index in [2.05, 4.69) is 15.0 Å². The van der Waals surface area contributed by atoms with Crippen LogP contribution in [0.3, 0.4) is 0 Å². The van der Waals surface area contributed by atoms with Gasteiger partial charge in [-0.2, -0.15) is 4.31 Å². The summed E-state index contributed by atoms with van der Waals surface area (Å²) in [5, 5.41) is 0.0586. The van der Waals surface area contributed by atoms with Crippen molar-refractivity contribution >= 4 is 10.0 Å². The van der Waals surface area contributed by atoms with Crippen molar-refractivity contribution in [2.45, 2.75) is 31.4 Å². The van der Waals surface area contributed by atoms with Gasteiger partial charge in [-0.05, 0) is 26.3 Å². The second-order valence-electron chi connectivity index (χ2n) is 5.70. The first kappa shape index (κ1) is 15.9. The minimum atomic E-state index is -3.58. The fourth-order valence-electron chi connectivity index (χ4n) is 2.56. The number of ether oxygens (including phenoxy) is 1. The molecule has 0 aliphatic carbocycles. The largest absolute Gasteiger partial charge is 0.459 e. The summed E-state index contributed by atoms with van der Waals surface area (Å²) in [6, 6.07) is 2.16. The van der Waals surface area contributed by atoms with Crippen LogP contribution in [-0.4, -0.2) is 51.4 Å². The van der Waals surface area contributed by atoms with Crippen molar-refractivity contribution in [2.24, 2.45) is 7.05 Å². The van der Waals surface area contributed by atoms with Crippen LogP contribution in [0.1, 0.15) is 17.8 Å². The number of hydrogen-bond acceptors (Lipinski definition) is 6. The minimum absolute atomic E-state index is 0.0586. The van der Waals surface area contributed by atoms with Gasteiger partial charge in [0, 0.05) is 31.2 Å². The second-order valence-corrected chi connectivity index (χ2v) is 7.59. The summed E-state index contributed by atoms with van der Waals surface area (Å²) < 4.78 is 33.8. The van der Waals surface area contributed by atoms with Gasteiger partial charge in [0.05, 0.1) is 12.9 Å². The maximum absolute atomic E-state index is 12.5. The van der Waals surface area contributed by atoms with Crippen LogP contribution >= 0.6 is 0 Å². The Kier molecular flexibility index (Phi) is 4.07. The average molecular weight is 337 g/mol. The van der Waals surface area contributed by atoms with Crippen LogP contribution in [0.2, 0.25) is 0 Å². The Morgan fingerprint density at radius 1 is 1.26 bits per heavy atom. The lowest BCUT2D eigenvalue weighted by Gasteiger charge is -2.15. The number of aromatic nitrogens is 4. The lowest BCUT2D eigenvalue weighted by Crippen LogP contribution is -2.31. The van der Waals surface area contributed by atoms with Crippen molar-refractivity contribution < 1.29 is 13.2 Å². The Morgan fingerprint density at radius 3 is 2.57 bits per heavy atom. The highest BCUT2D eigenvalue weighted by molar-refractivity contribution is 7.89. The molecule has 0 unspecified atom stereocenters. The highest BCUT2D eigenvalue weighted by Gasteiger charge is 2.35. The van der Waals surface area contributed by atoms with Crippen LogP contribution in [-0.2, 0) is 17.1 Å². The molecule has 1 fully saturated rings. The molecule has 3 rings (SSSR count). The number of rotatable bonds is 4. The Bertz CT molecular complexity index is 797. The highest BCUT2D eigenvalue weighted by Crippen LogP contribution is 2.22. The number of imidazole rings is 1. The summed E-state index contributed by atoms with van der Waals surface area (Å²) in [6.45, 7) is 4.41. The molecule has 9 heteroatoms. The van der Waals surface area contributed by atoms with Gasteiger partial charge in [0.25, 0.3) is 10.0 Å². The number of nitrogens with zero attached hydrogens (tertiary/aromatic N) is 5. The molecule has 0 saturated carbocycles. The monoisotopic (exact) mass is 337 g/mol. The smallest absolute Gasteiger partial charge is 0.317 e. The predicted molar refractivity (Wildman–Crippen MR) is 82.5 cm³/mol. The predicted octanol–water partition coefficient (Wildman–Crippen LogP) is 0.669. The van der Waals surface area contributed by atoms with Crippen molar-refractivity contribution in [3.05, 3.63) is 30.0 Å². The molecule has 3 heterocycles. The number of hydrogen-bond donors (Lipinski definition) is 0. The zero-order valence-corrected chi connectivity index (χ0v) is 14.1. The molecule has 124 valence electrons. The summed E-state index contributed by atoms with van der Waals surface area (Å²) in [7, 11) is -1.84. The molecular formula is C14H19N5O3S. The Hall–Kier alpha value is -2.00. The van der Waals surface area contributed by atoms with Crippen molar-refractivity contribution in [1.82, 2.24) is 23.8 Å². The molecule has 0 N–H and O–H groups in total. The van der Waals surface area contributed by atoms with Crippen molar-refractivity contribution in [2.75, 3.05) is 13.1 Å². The van der Waals surface area contributed by atoms with Gasteiger partial charge in [-0.1, -0.05) is 0 Å². The first-order valence-corrected chi connectivity index (χ1v) is 8.75. The Morgan fingerprint density at radius 2 is 1.96 bits per heavy atom. The van der Waals surface area contributed by atoms with Gasteiger partial charge < -0.3 is 9.30 Å². The lowest BCUT2D eigenvalue weighted by atomic mass is 10.3. The maximum atomic E-state index is 12.5.